The Morgan fingerprint density at radius 2 is 1.97 bits per heavy atom. The van der Waals surface area contributed by atoms with Crippen LogP contribution in [0.5, 0.6) is 5.75 Å². The van der Waals surface area contributed by atoms with Crippen molar-refractivity contribution in [2.75, 3.05) is 23.4 Å². The van der Waals surface area contributed by atoms with Gasteiger partial charge in [-0.2, -0.15) is 13.2 Å². The first-order valence-electron chi connectivity index (χ1n) is 9.45. The van der Waals surface area contributed by atoms with E-state index < -0.39 is 35.4 Å². The monoisotopic (exact) mass is 470 g/mol. The summed E-state index contributed by atoms with van der Waals surface area (Å²) in [6, 6.07) is 9.70. The fourth-order valence-corrected chi connectivity index (χ4v) is 3.18. The van der Waals surface area contributed by atoms with Crippen LogP contribution in [0.15, 0.2) is 42.5 Å². The van der Waals surface area contributed by atoms with Gasteiger partial charge in [-0.25, -0.2) is 0 Å². The highest BCUT2D eigenvalue weighted by atomic mass is 35.5. The average Bonchev–Trinajstić information content (AvgIpc) is 2.73. The molecule has 0 radical (unpaired) electrons. The summed E-state index contributed by atoms with van der Waals surface area (Å²) in [5, 5.41) is 1.95. The number of para-hydroxylation sites is 2. The third-order valence-corrected chi connectivity index (χ3v) is 4.81. The van der Waals surface area contributed by atoms with E-state index >= 15 is 0 Å². The van der Waals surface area contributed by atoms with Crippen LogP contribution < -0.4 is 15.0 Å². The maximum atomic E-state index is 13.2. The number of nitrogens with zero attached hydrogens (tertiary/aromatic N) is 1. The summed E-state index contributed by atoms with van der Waals surface area (Å²) < 4.78 is 49.8. The Hall–Kier alpha value is -3.27. The molecule has 0 aliphatic carbocycles. The molecule has 1 N–H and O–H groups in total. The predicted molar refractivity (Wildman–Crippen MR) is 110 cm³/mol. The van der Waals surface area contributed by atoms with Crippen molar-refractivity contribution in [2.45, 2.75) is 25.6 Å². The molecule has 1 aliphatic heterocycles. The number of halogens is 4. The van der Waals surface area contributed by atoms with Crippen LogP contribution in [0.2, 0.25) is 5.02 Å². The van der Waals surface area contributed by atoms with Crippen LogP contribution >= 0.6 is 11.6 Å². The van der Waals surface area contributed by atoms with Gasteiger partial charge >= 0.3 is 12.1 Å². The minimum Gasteiger partial charge on any atom is -0.482 e. The van der Waals surface area contributed by atoms with Crippen LogP contribution in [0.25, 0.3) is 0 Å². The molecule has 2 aromatic carbocycles. The summed E-state index contributed by atoms with van der Waals surface area (Å²) >= 11 is 5.61. The first-order chi connectivity index (χ1) is 15.1. The first kappa shape index (κ1) is 23.4. The largest absolute Gasteiger partial charge is 0.482 e. The number of amides is 2. The summed E-state index contributed by atoms with van der Waals surface area (Å²) in [7, 11) is 0. The molecule has 0 aromatic heterocycles. The number of ether oxygens (including phenoxy) is 2. The first-order valence-corrected chi connectivity index (χ1v) is 9.83. The summed E-state index contributed by atoms with van der Waals surface area (Å²) in [6.45, 7) is 1.04. The highest BCUT2D eigenvalue weighted by molar-refractivity contribution is 6.30. The van der Waals surface area contributed by atoms with Crippen molar-refractivity contribution in [1.29, 1.82) is 0 Å². The third-order valence-electron chi connectivity index (χ3n) is 4.57. The smallest absolute Gasteiger partial charge is 0.418 e. The number of alkyl halides is 3. The molecule has 1 heterocycles. The van der Waals surface area contributed by atoms with Crippen LogP contribution in [0, 0.1) is 0 Å². The standard InChI is InChI=1S/C21H18ClF3N2O5/c1-12(20(30)26-15-7-6-13(22)10-14(15)21(23,24)25)32-19(29)8-9-27-16-4-2-3-5-17(16)31-11-18(27)28/h2-7,10,12H,8-9,11H2,1H3,(H,26,30). The van der Waals surface area contributed by atoms with Crippen LogP contribution in [-0.2, 0) is 25.3 Å². The number of carbonyl (C=O) groups excluding carboxylic acids is 3. The molecule has 2 aromatic rings. The highest BCUT2D eigenvalue weighted by Crippen LogP contribution is 2.36. The predicted octanol–water partition coefficient (Wildman–Crippen LogP) is 4.04. The van der Waals surface area contributed by atoms with Gasteiger partial charge in [-0.05, 0) is 37.3 Å². The van der Waals surface area contributed by atoms with Gasteiger partial charge in [0.1, 0.15) is 5.75 Å². The van der Waals surface area contributed by atoms with E-state index in [4.69, 9.17) is 21.1 Å². The molecule has 0 bridgehead atoms. The molecule has 170 valence electrons. The van der Waals surface area contributed by atoms with Gasteiger partial charge in [0.2, 0.25) is 0 Å². The number of nitrogens with one attached hydrogen (secondary N) is 1. The Morgan fingerprint density at radius 3 is 2.69 bits per heavy atom. The Labute approximate surface area is 186 Å². The van der Waals surface area contributed by atoms with Crippen LogP contribution in [0.1, 0.15) is 18.9 Å². The van der Waals surface area contributed by atoms with Gasteiger partial charge in [0.05, 0.1) is 23.4 Å². The van der Waals surface area contributed by atoms with Gasteiger partial charge in [0.15, 0.2) is 12.7 Å². The van der Waals surface area contributed by atoms with Crippen LogP contribution in [0.4, 0.5) is 24.5 Å². The highest BCUT2D eigenvalue weighted by Gasteiger charge is 2.35. The zero-order chi connectivity index (χ0) is 23.5. The maximum Gasteiger partial charge on any atom is 0.418 e. The van der Waals surface area contributed by atoms with E-state index in [1.807, 2.05) is 0 Å². The van der Waals surface area contributed by atoms with E-state index in [0.29, 0.717) is 17.5 Å². The average molecular weight is 471 g/mol. The number of carbonyl (C=O) groups is 3. The summed E-state index contributed by atoms with van der Waals surface area (Å²) in [4.78, 5) is 37.9. The van der Waals surface area contributed by atoms with E-state index in [2.05, 4.69) is 5.32 Å². The second-order valence-electron chi connectivity index (χ2n) is 6.86. The lowest BCUT2D eigenvalue weighted by atomic mass is 10.1. The molecular weight excluding hydrogens is 453 g/mol. The topological polar surface area (TPSA) is 84.9 Å². The number of esters is 1. The fourth-order valence-electron chi connectivity index (χ4n) is 3.01. The van der Waals surface area contributed by atoms with Crippen LogP contribution in [0.3, 0.4) is 0 Å². The molecule has 2 amide bonds. The minimum absolute atomic E-state index is 0.0121. The lowest BCUT2D eigenvalue weighted by Gasteiger charge is -2.29. The second-order valence-corrected chi connectivity index (χ2v) is 7.30. The SMILES string of the molecule is CC(OC(=O)CCN1C(=O)COc2ccccc21)C(=O)Nc1ccc(Cl)cc1C(F)(F)F. The Morgan fingerprint density at radius 1 is 1.25 bits per heavy atom. The number of benzene rings is 2. The van der Waals surface area contributed by atoms with Crippen LogP contribution in [-0.4, -0.2) is 37.0 Å². The Balaban J connectivity index is 1.59. The van der Waals surface area contributed by atoms with Gasteiger partial charge < -0.3 is 19.7 Å². The molecule has 0 saturated heterocycles. The van der Waals surface area contributed by atoms with Gasteiger partial charge in [0.25, 0.3) is 11.8 Å². The maximum absolute atomic E-state index is 13.2. The molecule has 1 aliphatic rings. The van der Waals surface area contributed by atoms with Crippen molar-refractivity contribution in [1.82, 2.24) is 0 Å². The van der Waals surface area contributed by atoms with Crippen molar-refractivity contribution in [2.24, 2.45) is 0 Å². The number of hydrogen-bond donors (Lipinski definition) is 1. The van der Waals surface area contributed by atoms with Gasteiger partial charge in [-0.15, -0.1) is 0 Å². The lowest BCUT2D eigenvalue weighted by Crippen LogP contribution is -2.40. The summed E-state index contributed by atoms with van der Waals surface area (Å²) in [6.07, 6.45) is -6.34. The molecule has 0 spiro atoms. The number of rotatable bonds is 6. The van der Waals surface area contributed by atoms with E-state index in [1.165, 1.54) is 17.9 Å². The Kier molecular flexibility index (Phi) is 6.93. The van der Waals surface area contributed by atoms with Crippen molar-refractivity contribution in [3.63, 3.8) is 0 Å². The minimum atomic E-state index is -4.74. The normalized spacial score (nSPS) is 14.3. The summed E-state index contributed by atoms with van der Waals surface area (Å²) in [5.41, 5.74) is -1.13. The molecule has 1 unspecified atom stereocenters. The van der Waals surface area contributed by atoms with Crippen molar-refractivity contribution < 1.29 is 37.0 Å². The van der Waals surface area contributed by atoms with E-state index in [1.54, 1.807) is 24.3 Å². The number of anilines is 2. The van der Waals surface area contributed by atoms with E-state index in [0.717, 1.165) is 6.07 Å². The van der Waals surface area contributed by atoms with Crippen molar-refractivity contribution in [3.05, 3.63) is 53.1 Å². The second kappa shape index (κ2) is 9.47. The fraction of sp³-hybridized carbons (Fsp3) is 0.286. The molecule has 3 rings (SSSR count). The number of fused-ring (bicyclic) bond motifs is 1. The molecule has 0 fully saturated rings. The molecule has 11 heteroatoms. The third kappa shape index (κ3) is 5.50. The van der Waals surface area contributed by atoms with E-state index in [9.17, 15) is 27.6 Å². The quantitative estimate of drug-likeness (QED) is 0.644. The van der Waals surface area contributed by atoms with Gasteiger partial charge in [0, 0.05) is 11.6 Å². The molecule has 32 heavy (non-hydrogen) atoms. The van der Waals surface area contributed by atoms with Crippen molar-refractivity contribution >= 4 is 40.8 Å². The van der Waals surface area contributed by atoms with E-state index in [-0.39, 0.29) is 30.5 Å². The molecule has 1 atom stereocenters. The number of hydrogen-bond acceptors (Lipinski definition) is 5. The zero-order valence-electron chi connectivity index (χ0n) is 16.7. The van der Waals surface area contributed by atoms with Gasteiger partial charge in [-0.3, -0.25) is 14.4 Å². The molecular formula is C21H18ClF3N2O5. The van der Waals surface area contributed by atoms with Gasteiger partial charge in [-0.1, -0.05) is 23.7 Å². The molecule has 7 nitrogen and oxygen atoms in total. The summed E-state index contributed by atoms with van der Waals surface area (Å²) in [5.74, 6) is -1.59. The molecule has 0 saturated carbocycles. The zero-order valence-corrected chi connectivity index (χ0v) is 17.5. The van der Waals surface area contributed by atoms with Crippen molar-refractivity contribution in [3.8, 4) is 5.75 Å². The Bertz CT molecular complexity index is 1040. The lowest BCUT2D eigenvalue weighted by molar-refractivity contribution is -0.153.